The van der Waals surface area contributed by atoms with Gasteiger partial charge in [0.1, 0.15) is 5.75 Å². The quantitative estimate of drug-likeness (QED) is 0.625. The first-order valence-electron chi connectivity index (χ1n) is 2.13. The van der Waals surface area contributed by atoms with Crippen molar-refractivity contribution in [3.8, 4) is 5.75 Å². The van der Waals surface area contributed by atoms with E-state index in [0.717, 1.165) is 0 Å². The first kappa shape index (κ1) is 8.83. The van der Waals surface area contributed by atoms with Crippen LogP contribution in [0.15, 0.2) is 30.3 Å². The third-order valence-electron chi connectivity index (χ3n) is 0.756. The van der Waals surface area contributed by atoms with Gasteiger partial charge in [-0.3, -0.25) is 0 Å². The number of phenols is 1. The van der Waals surface area contributed by atoms with Crippen LogP contribution in [0.5, 0.6) is 5.75 Å². The molecular weight excluding hydrogens is 174 g/mol. The first-order chi connectivity index (χ1) is 3.39. The molecule has 8 heavy (non-hydrogen) atoms. The number of aromatic hydroxyl groups is 1. The summed E-state index contributed by atoms with van der Waals surface area (Å²) in [5.74, 6) is 0.322. The van der Waals surface area contributed by atoms with E-state index in [1.165, 1.54) is 0 Å². The van der Waals surface area contributed by atoms with Crippen LogP contribution >= 0.6 is 0 Å². The van der Waals surface area contributed by atoms with E-state index in [9.17, 15) is 0 Å². The second-order valence-electron chi connectivity index (χ2n) is 1.34. The van der Waals surface area contributed by atoms with Gasteiger partial charge in [-0.2, -0.15) is 0 Å². The molecule has 1 nitrogen and oxygen atoms in total. The third-order valence-corrected chi connectivity index (χ3v) is 0.756. The summed E-state index contributed by atoms with van der Waals surface area (Å²) >= 11 is 0. The Bertz CT molecular complexity index is 138. The average Bonchev–Trinajstić information content (AvgIpc) is 1.69. The summed E-state index contributed by atoms with van der Waals surface area (Å²) in [6.07, 6.45) is 0. The predicted octanol–water partition coefficient (Wildman–Crippen LogP) is 0.744. The molecule has 0 saturated heterocycles. The predicted molar refractivity (Wildman–Crippen MR) is 35.3 cm³/mol. The summed E-state index contributed by atoms with van der Waals surface area (Å²) in [7, 11) is 0. The van der Waals surface area contributed by atoms with Crippen LogP contribution in [0, 0.1) is 0 Å². The molecule has 2 heteroatoms. The second-order valence-corrected chi connectivity index (χ2v) is 1.34. The zero-order chi connectivity index (χ0) is 5.11. The van der Waals surface area contributed by atoms with Gasteiger partial charge < -0.3 is 5.11 Å². The van der Waals surface area contributed by atoms with E-state index in [4.69, 9.17) is 5.11 Å². The molecule has 1 aromatic carbocycles. The van der Waals surface area contributed by atoms with Crippen LogP contribution in [-0.4, -0.2) is 63.3 Å². The molecule has 0 saturated carbocycles. The van der Waals surface area contributed by atoms with Crippen molar-refractivity contribution in [3.63, 3.8) is 0 Å². The molecule has 0 aliphatic rings. The summed E-state index contributed by atoms with van der Waals surface area (Å²) in [6.45, 7) is 0. The minimum atomic E-state index is 0. The normalized spacial score (nSPS) is 7.50. The minimum absolute atomic E-state index is 0. The Morgan fingerprint density at radius 2 is 1.50 bits per heavy atom. The van der Waals surface area contributed by atoms with Crippen molar-refractivity contribution in [2.75, 3.05) is 0 Å². The van der Waals surface area contributed by atoms with Gasteiger partial charge in [0.05, 0.1) is 0 Å². The van der Waals surface area contributed by atoms with Crippen LogP contribution in [-0.2, 0) is 0 Å². The standard InChI is InChI=1S/C6H6O.Rb.H/c7-6-4-2-1-3-5-6;;/h1-5,7H;;. The van der Waals surface area contributed by atoms with E-state index < -0.39 is 0 Å². The number of para-hydroxylation sites is 1. The molecule has 0 bridgehead atoms. The Kier molecular flexibility index (Phi) is 5.16. The Morgan fingerprint density at radius 1 is 1.00 bits per heavy atom. The molecule has 0 amide bonds. The molecule has 0 unspecified atom stereocenters. The van der Waals surface area contributed by atoms with E-state index in [0.29, 0.717) is 5.75 Å². The molecule has 1 rings (SSSR count). The van der Waals surface area contributed by atoms with Gasteiger partial charge in [-0.15, -0.1) is 0 Å². The number of rotatable bonds is 0. The summed E-state index contributed by atoms with van der Waals surface area (Å²) in [4.78, 5) is 0. The fourth-order valence-electron chi connectivity index (χ4n) is 0.428. The van der Waals surface area contributed by atoms with Gasteiger partial charge in [0.15, 0.2) is 0 Å². The maximum atomic E-state index is 8.63. The molecule has 1 N–H and O–H groups in total. The van der Waals surface area contributed by atoms with Gasteiger partial charge in [0.2, 0.25) is 0 Å². The topological polar surface area (TPSA) is 20.2 Å². The first-order valence-corrected chi connectivity index (χ1v) is 2.13. The van der Waals surface area contributed by atoms with Gasteiger partial charge >= 0.3 is 58.2 Å². The SMILES string of the molecule is Oc1ccccc1.[RbH]. The molecule has 0 atom stereocenters. The van der Waals surface area contributed by atoms with Crippen LogP contribution in [0.1, 0.15) is 0 Å². The number of hydrogen-bond acceptors (Lipinski definition) is 1. The van der Waals surface area contributed by atoms with Crippen molar-refractivity contribution in [2.24, 2.45) is 0 Å². The van der Waals surface area contributed by atoms with Crippen molar-refractivity contribution in [2.45, 2.75) is 0 Å². The van der Waals surface area contributed by atoms with Crippen molar-refractivity contribution in [1.82, 2.24) is 0 Å². The average molecular weight is 181 g/mol. The van der Waals surface area contributed by atoms with Crippen LogP contribution in [0.4, 0.5) is 0 Å². The Hall–Kier alpha value is 0.825. The van der Waals surface area contributed by atoms with E-state index in [1.54, 1.807) is 24.3 Å². The number of benzene rings is 1. The van der Waals surface area contributed by atoms with E-state index in [1.807, 2.05) is 6.07 Å². The molecule has 0 radical (unpaired) electrons. The van der Waals surface area contributed by atoms with Gasteiger partial charge in [0, 0.05) is 0 Å². The second kappa shape index (κ2) is 4.68. The van der Waals surface area contributed by atoms with Crippen LogP contribution in [0.3, 0.4) is 0 Å². The van der Waals surface area contributed by atoms with Gasteiger partial charge in [-0.25, -0.2) is 0 Å². The van der Waals surface area contributed by atoms with Crippen LogP contribution in [0.2, 0.25) is 0 Å². The molecule has 0 aliphatic carbocycles. The number of phenolic OH excluding ortho intramolecular Hbond substituents is 1. The monoisotopic (exact) mass is 180 g/mol. The van der Waals surface area contributed by atoms with Gasteiger partial charge in [-0.1, -0.05) is 18.2 Å². The van der Waals surface area contributed by atoms with E-state index >= 15 is 0 Å². The summed E-state index contributed by atoms with van der Waals surface area (Å²) in [5, 5.41) is 8.63. The Labute approximate surface area is 97.5 Å². The molecular formula is C6H7ORb. The fourth-order valence-corrected chi connectivity index (χ4v) is 0.428. The molecule has 0 aliphatic heterocycles. The van der Waals surface area contributed by atoms with E-state index in [-0.39, 0.29) is 58.2 Å². The molecule has 0 spiro atoms. The Balaban J connectivity index is 0.000000490. The van der Waals surface area contributed by atoms with Crippen molar-refractivity contribution in [3.05, 3.63) is 30.3 Å². The van der Waals surface area contributed by atoms with Gasteiger partial charge in [0.25, 0.3) is 0 Å². The fraction of sp³-hybridized carbons (Fsp3) is 0. The van der Waals surface area contributed by atoms with Gasteiger partial charge in [-0.05, 0) is 12.1 Å². The van der Waals surface area contributed by atoms with Crippen LogP contribution in [0.25, 0.3) is 0 Å². The maximum absolute atomic E-state index is 8.63. The number of hydrogen-bond donors (Lipinski definition) is 1. The molecule has 0 aromatic heterocycles. The molecule has 1 aromatic rings. The summed E-state index contributed by atoms with van der Waals surface area (Å²) in [5.41, 5.74) is 0. The zero-order valence-corrected chi connectivity index (χ0v) is 3.83. The Morgan fingerprint density at radius 3 is 1.75 bits per heavy atom. The molecule has 38 valence electrons. The van der Waals surface area contributed by atoms with Crippen molar-refractivity contribution < 1.29 is 5.11 Å². The van der Waals surface area contributed by atoms with Crippen molar-refractivity contribution >= 4 is 58.2 Å². The van der Waals surface area contributed by atoms with Crippen molar-refractivity contribution in [1.29, 1.82) is 0 Å². The van der Waals surface area contributed by atoms with Crippen LogP contribution < -0.4 is 0 Å². The summed E-state index contributed by atoms with van der Waals surface area (Å²) in [6, 6.07) is 8.71. The third kappa shape index (κ3) is 2.97. The van der Waals surface area contributed by atoms with E-state index in [2.05, 4.69) is 0 Å². The molecule has 0 fully saturated rings. The molecule has 0 heterocycles. The summed E-state index contributed by atoms with van der Waals surface area (Å²) < 4.78 is 0. The zero-order valence-electron chi connectivity index (χ0n) is 3.83.